The van der Waals surface area contributed by atoms with Crippen LogP contribution < -0.4 is 4.90 Å². The summed E-state index contributed by atoms with van der Waals surface area (Å²) in [7, 11) is 0. The van der Waals surface area contributed by atoms with Crippen molar-refractivity contribution in [3.8, 4) is 0 Å². The quantitative estimate of drug-likeness (QED) is 0.821. The Morgan fingerprint density at radius 3 is 2.84 bits per heavy atom. The summed E-state index contributed by atoms with van der Waals surface area (Å²) in [4.78, 5) is 14.1. The van der Waals surface area contributed by atoms with Gasteiger partial charge in [-0.05, 0) is 43.2 Å². The van der Waals surface area contributed by atoms with Crippen molar-refractivity contribution in [2.45, 2.75) is 51.5 Å². The molecular formula is C16H22N2O. The van der Waals surface area contributed by atoms with Gasteiger partial charge in [0.2, 0.25) is 5.91 Å². The maximum absolute atomic E-state index is 12.2. The maximum Gasteiger partial charge on any atom is 0.227 e. The van der Waals surface area contributed by atoms with Gasteiger partial charge in [0, 0.05) is 18.5 Å². The largest absolute Gasteiger partial charge is 0.313 e. The predicted octanol–water partition coefficient (Wildman–Crippen LogP) is 3.74. The number of carbonyl (C=O) groups excluding carboxylic acids is 1. The van der Waals surface area contributed by atoms with Gasteiger partial charge in [-0.25, -0.2) is 0 Å². The van der Waals surface area contributed by atoms with Crippen molar-refractivity contribution in [3.63, 3.8) is 0 Å². The summed E-state index contributed by atoms with van der Waals surface area (Å²) in [6.45, 7) is 6.38. The van der Waals surface area contributed by atoms with Gasteiger partial charge in [-0.1, -0.05) is 26.0 Å². The van der Waals surface area contributed by atoms with Crippen molar-refractivity contribution in [2.75, 3.05) is 4.90 Å². The van der Waals surface area contributed by atoms with Crippen LogP contribution in [-0.4, -0.2) is 17.7 Å². The zero-order chi connectivity index (χ0) is 14.0. The van der Waals surface area contributed by atoms with Crippen LogP contribution in [-0.2, 0) is 4.79 Å². The Morgan fingerprint density at radius 1 is 1.47 bits per heavy atom. The third-order valence-corrected chi connectivity index (χ3v) is 4.00. The molecule has 19 heavy (non-hydrogen) atoms. The lowest BCUT2D eigenvalue weighted by Crippen LogP contribution is -2.43. The molecule has 102 valence electrons. The molecule has 0 aliphatic carbocycles. The van der Waals surface area contributed by atoms with Crippen LogP contribution in [0.15, 0.2) is 24.3 Å². The van der Waals surface area contributed by atoms with Gasteiger partial charge in [0.05, 0.1) is 5.54 Å². The molecule has 3 heteroatoms. The van der Waals surface area contributed by atoms with Crippen molar-refractivity contribution >= 4 is 17.8 Å². The Hall–Kier alpha value is -1.64. The Bertz CT molecular complexity index is 495. The molecule has 2 rings (SSSR count). The Kier molecular flexibility index (Phi) is 3.74. The van der Waals surface area contributed by atoms with Gasteiger partial charge >= 0.3 is 0 Å². The SMILES string of the molecule is CC(C)c1cccc(N2C(=O)CCC2(C)CC=N)c1. The van der Waals surface area contributed by atoms with Gasteiger partial charge in [-0.15, -0.1) is 0 Å². The van der Waals surface area contributed by atoms with E-state index in [1.165, 1.54) is 11.8 Å². The number of nitrogens with zero attached hydrogens (tertiary/aromatic N) is 1. The Morgan fingerprint density at radius 2 is 2.21 bits per heavy atom. The number of nitrogens with one attached hydrogen (secondary N) is 1. The van der Waals surface area contributed by atoms with Crippen molar-refractivity contribution < 1.29 is 4.79 Å². The lowest BCUT2D eigenvalue weighted by molar-refractivity contribution is -0.117. The third-order valence-electron chi connectivity index (χ3n) is 4.00. The van der Waals surface area contributed by atoms with Crippen LogP contribution in [0.5, 0.6) is 0 Å². The molecule has 1 N–H and O–H groups in total. The van der Waals surface area contributed by atoms with E-state index in [2.05, 4.69) is 32.9 Å². The van der Waals surface area contributed by atoms with Gasteiger partial charge in [0.15, 0.2) is 0 Å². The van der Waals surface area contributed by atoms with Crippen LogP contribution in [0.4, 0.5) is 5.69 Å². The summed E-state index contributed by atoms with van der Waals surface area (Å²) >= 11 is 0. The average Bonchev–Trinajstić information content (AvgIpc) is 2.66. The number of hydrogen-bond acceptors (Lipinski definition) is 2. The number of benzene rings is 1. The highest BCUT2D eigenvalue weighted by Gasteiger charge is 2.41. The van der Waals surface area contributed by atoms with E-state index in [9.17, 15) is 4.79 Å². The minimum absolute atomic E-state index is 0.172. The van der Waals surface area contributed by atoms with E-state index < -0.39 is 0 Å². The number of carbonyl (C=O) groups is 1. The van der Waals surface area contributed by atoms with Crippen LogP contribution in [0, 0.1) is 5.41 Å². The second-order valence-electron chi connectivity index (χ2n) is 5.88. The monoisotopic (exact) mass is 258 g/mol. The molecule has 3 nitrogen and oxygen atoms in total. The van der Waals surface area contributed by atoms with E-state index in [0.717, 1.165) is 12.1 Å². The van der Waals surface area contributed by atoms with E-state index in [1.54, 1.807) is 0 Å². The van der Waals surface area contributed by atoms with Gasteiger partial charge in [0.1, 0.15) is 0 Å². The zero-order valence-corrected chi connectivity index (χ0v) is 11.9. The summed E-state index contributed by atoms with van der Waals surface area (Å²) in [6.07, 6.45) is 3.44. The molecule has 0 bridgehead atoms. The molecule has 1 unspecified atom stereocenters. The normalized spacial score (nSPS) is 23.2. The third kappa shape index (κ3) is 2.55. The molecule has 1 fully saturated rings. The highest BCUT2D eigenvalue weighted by atomic mass is 16.2. The first kappa shape index (κ1) is 13.8. The molecule has 0 aromatic heterocycles. The second kappa shape index (κ2) is 5.16. The van der Waals surface area contributed by atoms with E-state index in [1.807, 2.05) is 17.0 Å². The molecule has 1 aromatic rings. The standard InChI is InChI=1S/C16H22N2O/c1-12(2)13-5-4-6-14(11-13)18-15(19)7-8-16(18,3)9-10-17/h4-6,10-12,17H,7-9H2,1-3H3. The first-order valence-corrected chi connectivity index (χ1v) is 6.90. The molecule has 1 aromatic carbocycles. The molecule has 1 atom stereocenters. The summed E-state index contributed by atoms with van der Waals surface area (Å²) in [6, 6.07) is 8.22. The predicted molar refractivity (Wildman–Crippen MR) is 79.1 cm³/mol. The highest BCUT2D eigenvalue weighted by molar-refractivity contribution is 5.97. The van der Waals surface area contributed by atoms with E-state index >= 15 is 0 Å². The summed E-state index contributed by atoms with van der Waals surface area (Å²) in [5, 5.41) is 7.36. The zero-order valence-electron chi connectivity index (χ0n) is 11.9. The summed E-state index contributed by atoms with van der Waals surface area (Å²) < 4.78 is 0. The molecule has 0 spiro atoms. The molecule has 1 aliphatic rings. The van der Waals surface area contributed by atoms with Crippen molar-refractivity contribution in [1.82, 2.24) is 0 Å². The molecule has 1 aliphatic heterocycles. The Balaban J connectivity index is 2.40. The van der Waals surface area contributed by atoms with Gasteiger partial charge in [-0.2, -0.15) is 0 Å². The fourth-order valence-electron chi connectivity index (χ4n) is 2.79. The number of rotatable bonds is 4. The topological polar surface area (TPSA) is 44.2 Å². The van der Waals surface area contributed by atoms with Crippen LogP contribution in [0.3, 0.4) is 0 Å². The van der Waals surface area contributed by atoms with Crippen molar-refractivity contribution in [2.24, 2.45) is 0 Å². The summed E-state index contributed by atoms with van der Waals surface area (Å²) in [5.74, 6) is 0.622. The maximum atomic E-state index is 12.2. The molecule has 1 saturated heterocycles. The van der Waals surface area contributed by atoms with Gasteiger partial charge < -0.3 is 10.3 Å². The number of amides is 1. The Labute approximate surface area is 115 Å². The lowest BCUT2D eigenvalue weighted by atomic mass is 9.94. The molecule has 1 amide bonds. The van der Waals surface area contributed by atoms with Crippen LogP contribution >= 0.6 is 0 Å². The molecular weight excluding hydrogens is 236 g/mol. The van der Waals surface area contributed by atoms with E-state index in [-0.39, 0.29) is 11.4 Å². The average molecular weight is 258 g/mol. The lowest BCUT2D eigenvalue weighted by Gasteiger charge is -2.34. The minimum Gasteiger partial charge on any atom is -0.313 e. The number of anilines is 1. The fourth-order valence-corrected chi connectivity index (χ4v) is 2.79. The molecule has 1 heterocycles. The summed E-state index contributed by atoms with van der Waals surface area (Å²) in [5.41, 5.74) is 1.97. The van der Waals surface area contributed by atoms with E-state index in [4.69, 9.17) is 5.41 Å². The first-order chi connectivity index (χ1) is 8.98. The van der Waals surface area contributed by atoms with Crippen LogP contribution in [0.25, 0.3) is 0 Å². The smallest absolute Gasteiger partial charge is 0.227 e. The van der Waals surface area contributed by atoms with Gasteiger partial charge in [0.25, 0.3) is 0 Å². The number of hydrogen-bond donors (Lipinski definition) is 1. The second-order valence-corrected chi connectivity index (χ2v) is 5.88. The van der Waals surface area contributed by atoms with Crippen LogP contribution in [0.2, 0.25) is 0 Å². The van der Waals surface area contributed by atoms with Crippen molar-refractivity contribution in [3.05, 3.63) is 29.8 Å². The minimum atomic E-state index is -0.242. The molecule has 0 saturated carbocycles. The fraction of sp³-hybridized carbons (Fsp3) is 0.500. The van der Waals surface area contributed by atoms with E-state index in [0.29, 0.717) is 18.8 Å². The van der Waals surface area contributed by atoms with Crippen molar-refractivity contribution in [1.29, 1.82) is 5.41 Å². The highest BCUT2D eigenvalue weighted by Crippen LogP contribution is 2.37. The van der Waals surface area contributed by atoms with Crippen LogP contribution in [0.1, 0.15) is 51.5 Å². The first-order valence-electron chi connectivity index (χ1n) is 6.90. The van der Waals surface area contributed by atoms with Gasteiger partial charge in [-0.3, -0.25) is 4.79 Å². The molecule has 0 radical (unpaired) electrons.